The molecule has 2 atom stereocenters. The molecule has 6 aromatic heterocycles. The van der Waals surface area contributed by atoms with Crippen LogP contribution >= 0.6 is 46.0 Å². The molecule has 6 aliphatic rings. The Morgan fingerprint density at radius 1 is 0.568 bits per heavy atom. The number of rotatable bonds is 37. The molecule has 0 amide bonds. The molecule has 10 aromatic rings. The van der Waals surface area contributed by atoms with Gasteiger partial charge in [0.15, 0.2) is 16.0 Å². The second-order valence-corrected chi connectivity index (χ2v) is 36.5. The molecule has 0 radical (unpaired) electrons. The SMILES string of the molecule is Cc1cc2c([nH]c(=O)n2Cc2ccc(NCCN3CCCC(COC(=O)OCCSSCCNC(=S)Nc4ccc(-c5c6ccc(=O)cc-6oc6cc(O)ccc56)c(C(=O)O)c4)C3)nc2)c(N)n1.Cc1ccc2c(-c3ccc(CC(=S)CCCOCCOCC4CCCN(CCNc5ccc(Cn6c(=O)[nH]c7c(N)nc(C)cc76)cn5)C4)cc3C(=O)O)c3ccc(=O)cc-3oc2c1. The highest BCUT2D eigenvalue weighted by Crippen LogP contribution is 2.45. The molecule has 13 N–H and O–H groups in total. The number of H-pyrrole nitrogens is 2. The van der Waals surface area contributed by atoms with Gasteiger partial charge in [0.1, 0.15) is 69.3 Å². The fraction of sp³-hybridized carbons (Fsp3) is 0.323. The zero-order chi connectivity index (χ0) is 92.5. The lowest BCUT2D eigenvalue weighted by molar-refractivity contribution is 0.0188. The number of phenols is 1. The van der Waals surface area contributed by atoms with E-state index < -0.39 is 18.1 Å². The Labute approximate surface area is 776 Å². The number of nitrogens with zero attached hydrogens (tertiary/aromatic N) is 8. The lowest BCUT2D eigenvalue weighted by Crippen LogP contribution is -2.40. The summed E-state index contributed by atoms with van der Waals surface area (Å²) in [6, 6.07) is 41.1. The van der Waals surface area contributed by atoms with Crippen LogP contribution in [-0.4, -0.2) is 202 Å². The second kappa shape index (κ2) is 43.8. The number of benzene rings is 6. The van der Waals surface area contributed by atoms with Gasteiger partial charge in [-0.2, -0.15) is 0 Å². The third-order valence-corrected chi connectivity index (χ3v) is 26.0. The molecule has 2 fully saturated rings. The van der Waals surface area contributed by atoms with Crippen molar-refractivity contribution < 1.29 is 57.5 Å². The first-order valence-corrected chi connectivity index (χ1v) is 46.9. The molecule has 32 nitrogen and oxygen atoms in total. The van der Waals surface area contributed by atoms with Gasteiger partial charge in [-0.15, -0.1) is 0 Å². The monoisotopic (exact) mass is 1860 g/mol. The van der Waals surface area contributed by atoms with E-state index in [1.807, 2.05) is 87.5 Å². The summed E-state index contributed by atoms with van der Waals surface area (Å²) in [6.07, 6.45) is 9.06. The minimum absolute atomic E-state index is 0.00362. The minimum Gasteiger partial charge on any atom is -0.508 e. The number of carboxylic acid groups (broad SMARTS) is 2. The number of nitrogens with two attached hydrogens (primary N) is 2. The Bertz CT molecular complexity index is 6740. The van der Waals surface area contributed by atoms with Crippen molar-refractivity contribution >= 4 is 147 Å². The fourth-order valence-corrected chi connectivity index (χ4v) is 19.0. The summed E-state index contributed by atoms with van der Waals surface area (Å²) in [7, 11) is 3.14. The number of ether oxygens (including phenoxy) is 4. The zero-order valence-electron chi connectivity index (χ0n) is 73.1. The van der Waals surface area contributed by atoms with Gasteiger partial charge >= 0.3 is 29.5 Å². The first-order chi connectivity index (χ1) is 63.9. The maximum absolute atomic E-state index is 12.7. The number of piperidine rings is 2. The molecule has 4 aliphatic heterocycles. The van der Waals surface area contributed by atoms with Crippen molar-refractivity contribution in [2.75, 3.05) is 137 Å². The highest BCUT2D eigenvalue weighted by molar-refractivity contribution is 8.76. The van der Waals surface area contributed by atoms with Crippen LogP contribution in [0.2, 0.25) is 0 Å². The number of anilines is 5. The number of carboxylic acids is 2. The van der Waals surface area contributed by atoms with Gasteiger partial charge in [0.05, 0.1) is 61.7 Å². The van der Waals surface area contributed by atoms with Crippen LogP contribution in [0.25, 0.3) is 88.9 Å². The predicted octanol–water partition coefficient (Wildman–Crippen LogP) is 14.5. The molecule has 16 rings (SSSR count). The van der Waals surface area contributed by atoms with E-state index in [1.165, 1.54) is 42.5 Å². The van der Waals surface area contributed by atoms with E-state index in [0.717, 1.165) is 139 Å². The first kappa shape index (κ1) is 93.6. The molecule has 2 aliphatic carbocycles. The number of aromatic nitrogens is 8. The van der Waals surface area contributed by atoms with Crippen LogP contribution < -0.4 is 55.0 Å². The van der Waals surface area contributed by atoms with Crippen LogP contribution in [0, 0.1) is 32.6 Å². The molecule has 10 heterocycles. The molecule has 0 spiro atoms. The third-order valence-electron chi connectivity index (χ3n) is 23.0. The minimum atomic E-state index is -1.16. The van der Waals surface area contributed by atoms with Crippen LogP contribution in [0.5, 0.6) is 5.75 Å². The average Bonchev–Trinajstić information content (AvgIpc) is 1.14. The summed E-state index contributed by atoms with van der Waals surface area (Å²) < 4.78 is 37.9. The third kappa shape index (κ3) is 24.0. The first-order valence-electron chi connectivity index (χ1n) is 43.6. The van der Waals surface area contributed by atoms with Crippen LogP contribution in [0.15, 0.2) is 186 Å². The van der Waals surface area contributed by atoms with E-state index in [1.54, 1.807) is 79.5 Å². The molecule has 686 valence electrons. The summed E-state index contributed by atoms with van der Waals surface area (Å²) in [6.45, 7) is 16.7. The molecule has 0 saturated carbocycles. The molecular formula is C96H102N16O16S4. The number of fused-ring (bicyclic) bond motifs is 6. The zero-order valence-corrected chi connectivity index (χ0v) is 76.3. The van der Waals surface area contributed by atoms with Gasteiger partial charge in [0.2, 0.25) is 0 Å². The predicted molar refractivity (Wildman–Crippen MR) is 524 cm³/mol. The number of aryl methyl sites for hydroxylation is 3. The Kier molecular flexibility index (Phi) is 31.0. The van der Waals surface area contributed by atoms with E-state index in [2.05, 4.69) is 61.0 Å². The fourth-order valence-electron chi connectivity index (χ4n) is 16.8. The number of aromatic carboxylic acids is 2. The molecule has 2 saturated heterocycles. The van der Waals surface area contributed by atoms with Crippen LogP contribution in [0.4, 0.5) is 33.8 Å². The standard InChI is InChI=1S/C49H53N7O7S.C47H49N9O9S3/c1-30-7-11-38-42(21-30)63-43-25-35(57)10-13-39(43)45(38)37-12-8-32(24-40(37)48(58)59)23-36(64)6-4-18-61-19-20-62-29-34-5-3-16-55(27-34)17-15-51-44-14-9-33(26-52-44)28-56-41-22-31(2)53-47(50)46(41)54-49(56)60;1-27-19-37-42(43(48)52-27)54-46(61)56(37)25-28-4-11-40(51-23-28)49-12-15-55-14-2-3-29(24-55)26-64-47(62)63-16-18-68-67-17-13-50-45(66)53-30-5-8-33(36(20-30)44(59)60)41-34-9-6-31(57)21-38(34)65-39-22-32(58)7-10-35(39)41/h7-14,21-22,24-26,34H,3-6,15-20,23,27-29H2,1-2H3,(H2,50,53)(H,51,52)(H,54,60)(H,58,59);4-11,19-23,29,57H,2-3,12-18,24-26H2,1H3,(H2,48,52)(H,49,51)(H,54,61)(H,59,60)(H2,50,53,66). The van der Waals surface area contributed by atoms with Crippen molar-refractivity contribution in [3.05, 3.63) is 244 Å². The molecule has 4 aromatic carbocycles. The summed E-state index contributed by atoms with van der Waals surface area (Å²) in [5.74, 6) is 2.53. The van der Waals surface area contributed by atoms with E-state index in [4.69, 9.17) is 63.7 Å². The van der Waals surface area contributed by atoms with Gasteiger partial charge in [-0.3, -0.25) is 18.7 Å². The number of thiocarbonyl (C=S) groups is 2. The van der Waals surface area contributed by atoms with Crippen molar-refractivity contribution in [2.45, 2.75) is 78.8 Å². The lowest BCUT2D eigenvalue weighted by Gasteiger charge is -2.32. The summed E-state index contributed by atoms with van der Waals surface area (Å²) in [4.78, 5) is 116. The number of aromatic hydroxyl groups is 1. The molecule has 2 unspecified atom stereocenters. The van der Waals surface area contributed by atoms with Gasteiger partial charge < -0.3 is 95.6 Å². The largest absolute Gasteiger partial charge is 0.508 e. The second-order valence-electron chi connectivity index (χ2n) is 32.8. The van der Waals surface area contributed by atoms with Gasteiger partial charge in [-0.1, -0.05) is 76.3 Å². The number of pyridine rings is 4. The van der Waals surface area contributed by atoms with Gasteiger partial charge in [0, 0.05) is 157 Å². The van der Waals surface area contributed by atoms with Crippen molar-refractivity contribution in [3.8, 4) is 50.7 Å². The Hall–Kier alpha value is -13.1. The highest BCUT2D eigenvalue weighted by atomic mass is 33.1. The van der Waals surface area contributed by atoms with Crippen LogP contribution in [0.3, 0.4) is 0 Å². The van der Waals surface area contributed by atoms with E-state index >= 15 is 0 Å². The number of hydrogen-bond donors (Lipinski definition) is 11. The Morgan fingerprint density at radius 3 is 1.69 bits per heavy atom. The molecule has 36 heteroatoms. The smallest absolute Gasteiger partial charge is 0.508 e. The Morgan fingerprint density at radius 2 is 1.11 bits per heavy atom. The normalized spacial score (nSPS) is 14.2. The van der Waals surface area contributed by atoms with Gasteiger partial charge in [-0.25, -0.2) is 43.9 Å². The van der Waals surface area contributed by atoms with Crippen molar-refractivity contribution in [3.63, 3.8) is 0 Å². The number of imidazole rings is 2. The van der Waals surface area contributed by atoms with Gasteiger partial charge in [-0.05, 0) is 214 Å². The summed E-state index contributed by atoms with van der Waals surface area (Å²) >= 11 is 11.2. The quantitative estimate of drug-likeness (QED) is 0.00566. The molecule has 0 bridgehead atoms. The van der Waals surface area contributed by atoms with E-state index in [9.17, 15) is 48.9 Å². The topological polar surface area (TPSA) is 443 Å². The molecular weight excluding hydrogens is 1760 g/mol. The van der Waals surface area contributed by atoms with Crippen molar-refractivity contribution in [1.29, 1.82) is 0 Å². The van der Waals surface area contributed by atoms with E-state index in [-0.39, 0.29) is 57.4 Å². The lowest BCUT2D eigenvalue weighted by atomic mass is 9.89. The average molecular weight is 1860 g/mol. The number of carbonyl (C=O) groups is 3. The van der Waals surface area contributed by atoms with Gasteiger partial charge in [0.25, 0.3) is 0 Å². The molecule has 132 heavy (non-hydrogen) atoms. The number of nitrogens with one attached hydrogen (secondary N) is 6. The number of likely N-dealkylation sites (tertiary alicyclic amines) is 2. The highest BCUT2D eigenvalue weighted by Gasteiger charge is 2.28. The number of hydrogen-bond acceptors (Lipinski definition) is 28. The number of nitrogen functional groups attached to an aromatic ring is 2. The maximum Gasteiger partial charge on any atom is 0.508 e. The maximum atomic E-state index is 12.7. The number of carbonyl (C=O) groups excluding carboxylic acids is 1. The Balaban J connectivity index is 0.000000202. The number of phenolic OH excluding ortho intramolecular Hbond substituents is 1. The number of aromatic amines is 2. The van der Waals surface area contributed by atoms with E-state index in [0.29, 0.717) is 184 Å². The summed E-state index contributed by atoms with van der Waals surface area (Å²) in [5, 5.41) is 45.3. The van der Waals surface area contributed by atoms with Crippen LogP contribution in [-0.2, 0) is 38.5 Å². The van der Waals surface area contributed by atoms with Crippen molar-refractivity contribution in [2.24, 2.45) is 11.8 Å². The summed E-state index contributed by atoms with van der Waals surface area (Å²) in [5.41, 5.74) is 23.7. The van der Waals surface area contributed by atoms with Crippen LogP contribution in [0.1, 0.15) is 92.9 Å². The van der Waals surface area contributed by atoms with Crippen molar-refractivity contribution in [1.82, 2.24) is 54.2 Å².